The summed E-state index contributed by atoms with van der Waals surface area (Å²) in [5.74, 6) is -1.06. The Labute approximate surface area is 263 Å². The van der Waals surface area contributed by atoms with Gasteiger partial charge >= 0.3 is 18.4 Å². The summed E-state index contributed by atoms with van der Waals surface area (Å²) < 4.78 is 49.1. The standard InChI is InChI=1S/C30H36ClF3N4O7/c1-28(2,3)45-27(43)37-23(17-39)24(40)38-14-12-29(13-15-38,25(41)35-16-19-6-4-5-7-22(19)31)18-44-26(42)36-21-10-8-20(9-11-21)30(32,33)34/h4-11,23,39H,12-18H2,1-3H3,(H,35,41)(H,36,42)(H,37,43)/t23-/m0/s1. The summed E-state index contributed by atoms with van der Waals surface area (Å²) in [6.45, 7) is 3.97. The smallest absolute Gasteiger partial charge is 0.416 e. The number of ether oxygens (including phenoxy) is 2. The van der Waals surface area contributed by atoms with Crippen LogP contribution >= 0.6 is 11.6 Å². The van der Waals surface area contributed by atoms with Crippen LogP contribution in [0.5, 0.6) is 0 Å². The number of rotatable bonds is 9. The molecule has 1 fully saturated rings. The van der Waals surface area contributed by atoms with Gasteiger partial charge in [-0.3, -0.25) is 14.9 Å². The largest absolute Gasteiger partial charge is 0.448 e. The highest BCUT2D eigenvalue weighted by molar-refractivity contribution is 6.31. The molecular weight excluding hydrogens is 621 g/mol. The number of likely N-dealkylation sites (tertiary alicyclic amines) is 1. The van der Waals surface area contributed by atoms with Gasteiger partial charge in [0.05, 0.1) is 17.6 Å². The van der Waals surface area contributed by atoms with Crippen molar-refractivity contribution in [2.45, 2.75) is 58.0 Å². The van der Waals surface area contributed by atoms with Crippen LogP contribution in [0.4, 0.5) is 28.4 Å². The Balaban J connectivity index is 1.69. The fourth-order valence-electron chi connectivity index (χ4n) is 4.55. The van der Waals surface area contributed by atoms with Crippen molar-refractivity contribution < 1.29 is 46.9 Å². The van der Waals surface area contributed by atoms with E-state index in [0.29, 0.717) is 10.6 Å². The highest BCUT2D eigenvalue weighted by atomic mass is 35.5. The van der Waals surface area contributed by atoms with Crippen LogP contribution in [0.2, 0.25) is 5.02 Å². The summed E-state index contributed by atoms with van der Waals surface area (Å²) in [6.07, 6.45) is -6.32. The molecule has 4 amide bonds. The molecule has 1 atom stereocenters. The molecule has 45 heavy (non-hydrogen) atoms. The molecule has 0 aromatic heterocycles. The Bertz CT molecular complexity index is 1360. The van der Waals surface area contributed by atoms with E-state index in [1.54, 1.807) is 45.0 Å². The van der Waals surface area contributed by atoms with Crippen molar-refractivity contribution in [1.82, 2.24) is 15.5 Å². The normalized spacial score (nSPS) is 15.4. The minimum absolute atomic E-state index is 0.0225. The van der Waals surface area contributed by atoms with E-state index < -0.39 is 66.0 Å². The van der Waals surface area contributed by atoms with Crippen molar-refractivity contribution in [3.63, 3.8) is 0 Å². The summed E-state index contributed by atoms with van der Waals surface area (Å²) >= 11 is 6.22. The van der Waals surface area contributed by atoms with E-state index in [2.05, 4.69) is 16.0 Å². The molecule has 2 aromatic rings. The Hall–Kier alpha value is -4.04. The van der Waals surface area contributed by atoms with Gasteiger partial charge in [0.25, 0.3) is 0 Å². The molecule has 0 radical (unpaired) electrons. The summed E-state index contributed by atoms with van der Waals surface area (Å²) in [5, 5.41) is 17.7. The van der Waals surface area contributed by atoms with E-state index in [1.807, 2.05) is 0 Å². The fraction of sp³-hybridized carbons (Fsp3) is 0.467. The first kappa shape index (κ1) is 35.4. The maximum Gasteiger partial charge on any atom is 0.416 e. The fourth-order valence-corrected chi connectivity index (χ4v) is 4.76. The zero-order valence-electron chi connectivity index (χ0n) is 25.0. The summed E-state index contributed by atoms with van der Waals surface area (Å²) in [6, 6.07) is 9.37. The lowest BCUT2D eigenvalue weighted by Gasteiger charge is -2.41. The topological polar surface area (TPSA) is 146 Å². The highest BCUT2D eigenvalue weighted by Gasteiger charge is 2.44. The van der Waals surface area contributed by atoms with E-state index in [1.165, 1.54) is 4.90 Å². The number of carbonyl (C=O) groups excluding carboxylic acids is 4. The second-order valence-electron chi connectivity index (χ2n) is 11.5. The number of aliphatic hydroxyl groups is 1. The Morgan fingerprint density at radius 2 is 1.62 bits per heavy atom. The van der Waals surface area contributed by atoms with Crippen molar-refractivity contribution in [2.24, 2.45) is 5.41 Å². The second-order valence-corrected chi connectivity index (χ2v) is 11.9. The van der Waals surface area contributed by atoms with Gasteiger partial charge in [-0.05, 0) is 69.5 Å². The third-order valence-corrected chi connectivity index (χ3v) is 7.39. The third kappa shape index (κ3) is 10.2. The molecule has 1 aliphatic rings. The van der Waals surface area contributed by atoms with E-state index in [-0.39, 0.29) is 38.2 Å². The zero-order valence-corrected chi connectivity index (χ0v) is 25.8. The molecule has 2 aromatic carbocycles. The van der Waals surface area contributed by atoms with E-state index >= 15 is 0 Å². The van der Waals surface area contributed by atoms with Crippen molar-refractivity contribution in [1.29, 1.82) is 0 Å². The SMILES string of the molecule is CC(C)(C)OC(=O)N[C@@H](CO)C(=O)N1CCC(COC(=O)Nc2ccc(C(F)(F)F)cc2)(C(=O)NCc2ccccc2Cl)CC1. The van der Waals surface area contributed by atoms with Crippen LogP contribution in [-0.4, -0.2) is 72.0 Å². The first-order valence-electron chi connectivity index (χ1n) is 14.0. The quantitative estimate of drug-likeness (QED) is 0.306. The van der Waals surface area contributed by atoms with Crippen LogP contribution in [0.15, 0.2) is 48.5 Å². The lowest BCUT2D eigenvalue weighted by molar-refractivity contribution is -0.144. The Kier molecular flexibility index (Phi) is 11.7. The summed E-state index contributed by atoms with van der Waals surface area (Å²) in [4.78, 5) is 52.8. The first-order chi connectivity index (χ1) is 21.0. The molecular formula is C30H36ClF3N4O7. The number of alkyl halides is 3. The van der Waals surface area contributed by atoms with Gasteiger partial charge in [0.1, 0.15) is 18.2 Å². The number of hydrogen-bond donors (Lipinski definition) is 4. The van der Waals surface area contributed by atoms with E-state index in [9.17, 15) is 37.5 Å². The number of amides is 4. The molecule has 0 aliphatic carbocycles. The number of piperidine rings is 1. The van der Waals surface area contributed by atoms with Crippen molar-refractivity contribution in [3.8, 4) is 0 Å². The predicted molar refractivity (Wildman–Crippen MR) is 158 cm³/mol. The van der Waals surface area contributed by atoms with Gasteiger partial charge in [-0.15, -0.1) is 0 Å². The van der Waals surface area contributed by atoms with Gasteiger partial charge < -0.3 is 30.1 Å². The van der Waals surface area contributed by atoms with Crippen LogP contribution in [0.3, 0.4) is 0 Å². The van der Waals surface area contributed by atoms with Gasteiger partial charge in [0.2, 0.25) is 11.8 Å². The van der Waals surface area contributed by atoms with Crippen molar-refractivity contribution in [2.75, 3.05) is 31.6 Å². The van der Waals surface area contributed by atoms with Crippen LogP contribution in [-0.2, 0) is 31.8 Å². The van der Waals surface area contributed by atoms with Crippen molar-refractivity contribution in [3.05, 3.63) is 64.7 Å². The molecule has 246 valence electrons. The monoisotopic (exact) mass is 656 g/mol. The molecule has 4 N–H and O–H groups in total. The number of benzene rings is 2. The molecule has 1 heterocycles. The molecule has 1 aliphatic heterocycles. The molecule has 11 nitrogen and oxygen atoms in total. The minimum atomic E-state index is -4.54. The molecule has 3 rings (SSSR count). The average Bonchev–Trinajstić information content (AvgIpc) is 2.97. The molecule has 0 saturated carbocycles. The number of carbonyl (C=O) groups is 4. The number of alkyl carbamates (subject to hydrolysis) is 1. The molecule has 0 bridgehead atoms. The van der Waals surface area contributed by atoms with Crippen LogP contribution in [0.25, 0.3) is 0 Å². The molecule has 0 unspecified atom stereocenters. The first-order valence-corrected chi connectivity index (χ1v) is 14.4. The van der Waals surface area contributed by atoms with Crippen molar-refractivity contribution >= 4 is 41.3 Å². The van der Waals surface area contributed by atoms with Gasteiger partial charge in [0.15, 0.2) is 0 Å². The number of anilines is 1. The molecule has 1 saturated heterocycles. The second kappa shape index (κ2) is 14.8. The zero-order chi connectivity index (χ0) is 33.4. The number of halogens is 4. The van der Waals surface area contributed by atoms with Gasteiger partial charge in [-0.1, -0.05) is 29.8 Å². The number of nitrogens with zero attached hydrogens (tertiary/aromatic N) is 1. The van der Waals surface area contributed by atoms with Crippen LogP contribution < -0.4 is 16.0 Å². The number of aliphatic hydroxyl groups excluding tert-OH is 1. The van der Waals surface area contributed by atoms with Crippen LogP contribution in [0, 0.1) is 5.41 Å². The molecule has 0 spiro atoms. The average molecular weight is 657 g/mol. The van der Waals surface area contributed by atoms with Crippen LogP contribution in [0.1, 0.15) is 44.7 Å². The molecule has 15 heteroatoms. The Morgan fingerprint density at radius 3 is 2.18 bits per heavy atom. The minimum Gasteiger partial charge on any atom is -0.448 e. The number of nitrogens with one attached hydrogen (secondary N) is 3. The van der Waals surface area contributed by atoms with Gasteiger partial charge in [0, 0.05) is 30.3 Å². The van der Waals surface area contributed by atoms with E-state index in [4.69, 9.17) is 21.1 Å². The summed E-state index contributed by atoms with van der Waals surface area (Å²) in [5.41, 5.74) is -2.30. The van der Waals surface area contributed by atoms with Gasteiger partial charge in [-0.25, -0.2) is 9.59 Å². The Morgan fingerprint density at radius 1 is 1.00 bits per heavy atom. The lowest BCUT2D eigenvalue weighted by Crippen LogP contribution is -2.57. The van der Waals surface area contributed by atoms with Gasteiger partial charge in [-0.2, -0.15) is 13.2 Å². The highest BCUT2D eigenvalue weighted by Crippen LogP contribution is 2.34. The maximum absolute atomic E-state index is 13.6. The predicted octanol–water partition coefficient (Wildman–Crippen LogP) is 4.72. The lowest BCUT2D eigenvalue weighted by atomic mass is 9.78. The van der Waals surface area contributed by atoms with E-state index in [0.717, 1.165) is 24.3 Å². The number of hydrogen-bond acceptors (Lipinski definition) is 7. The third-order valence-electron chi connectivity index (χ3n) is 7.02. The summed E-state index contributed by atoms with van der Waals surface area (Å²) in [7, 11) is 0. The maximum atomic E-state index is 13.6.